The van der Waals surface area contributed by atoms with Crippen LogP contribution in [0.15, 0.2) is 0 Å². The van der Waals surface area contributed by atoms with Crippen LogP contribution in [0.4, 0.5) is 9.59 Å². The highest BCUT2D eigenvalue weighted by atomic mass is 16.6. The Kier molecular flexibility index (Phi) is 14.3. The van der Waals surface area contributed by atoms with Gasteiger partial charge in [-0.05, 0) is 38.5 Å². The van der Waals surface area contributed by atoms with Gasteiger partial charge in [-0.3, -0.25) is 0 Å². The summed E-state index contributed by atoms with van der Waals surface area (Å²) < 4.78 is 14.9. The molecule has 0 aromatic carbocycles. The van der Waals surface area contributed by atoms with Gasteiger partial charge in [0.15, 0.2) is 0 Å². The Bertz CT molecular complexity index is 389. The Hall–Kier alpha value is -1.99. The third kappa shape index (κ3) is 13.0. The largest absolute Gasteiger partial charge is 0.464 e. The van der Waals surface area contributed by atoms with E-state index in [9.17, 15) is 14.4 Å². The molecule has 146 valence electrons. The van der Waals surface area contributed by atoms with E-state index in [4.69, 9.17) is 14.2 Å². The first-order valence-corrected chi connectivity index (χ1v) is 9.05. The zero-order chi connectivity index (χ0) is 18.9. The first-order valence-electron chi connectivity index (χ1n) is 9.05. The molecular formula is C17H32N2O6. The van der Waals surface area contributed by atoms with E-state index in [0.717, 1.165) is 6.42 Å². The molecule has 0 aliphatic rings. The first kappa shape index (κ1) is 23.0. The van der Waals surface area contributed by atoms with E-state index in [-0.39, 0.29) is 0 Å². The SMILES string of the molecule is CCCOC(=O)NCCCCC(NC(=O)OCCC)C(=O)OCCC. The highest BCUT2D eigenvalue weighted by molar-refractivity contribution is 5.81. The molecule has 1 unspecified atom stereocenters. The Morgan fingerprint density at radius 2 is 1.36 bits per heavy atom. The summed E-state index contributed by atoms with van der Waals surface area (Å²) in [7, 11) is 0. The summed E-state index contributed by atoms with van der Waals surface area (Å²) in [6, 6.07) is -0.747. The molecular weight excluding hydrogens is 328 g/mol. The quantitative estimate of drug-likeness (QED) is 0.297. The molecule has 0 aliphatic carbocycles. The van der Waals surface area contributed by atoms with Crippen molar-refractivity contribution in [2.45, 2.75) is 65.3 Å². The summed E-state index contributed by atoms with van der Waals surface area (Å²) in [5.74, 6) is -0.467. The van der Waals surface area contributed by atoms with Crippen molar-refractivity contribution in [3.63, 3.8) is 0 Å². The average molecular weight is 360 g/mol. The number of hydrogen-bond acceptors (Lipinski definition) is 6. The number of unbranched alkanes of at least 4 members (excludes halogenated alkanes) is 1. The maximum absolute atomic E-state index is 12.0. The Balaban J connectivity index is 4.18. The number of alkyl carbamates (subject to hydrolysis) is 2. The van der Waals surface area contributed by atoms with Gasteiger partial charge in [0.2, 0.25) is 0 Å². The fraction of sp³-hybridized carbons (Fsp3) is 0.824. The van der Waals surface area contributed by atoms with Gasteiger partial charge in [0.05, 0.1) is 19.8 Å². The van der Waals surface area contributed by atoms with Crippen molar-refractivity contribution >= 4 is 18.2 Å². The molecule has 0 aromatic heterocycles. The van der Waals surface area contributed by atoms with E-state index in [1.807, 2.05) is 20.8 Å². The van der Waals surface area contributed by atoms with Crippen LogP contribution in [0.25, 0.3) is 0 Å². The number of nitrogens with one attached hydrogen (secondary N) is 2. The van der Waals surface area contributed by atoms with Gasteiger partial charge < -0.3 is 24.8 Å². The molecule has 0 aliphatic heterocycles. The molecule has 0 spiro atoms. The fourth-order valence-corrected chi connectivity index (χ4v) is 1.84. The number of rotatable bonds is 13. The summed E-state index contributed by atoms with van der Waals surface area (Å²) in [4.78, 5) is 35.0. The van der Waals surface area contributed by atoms with Gasteiger partial charge in [-0.2, -0.15) is 0 Å². The van der Waals surface area contributed by atoms with Crippen LogP contribution in [0.3, 0.4) is 0 Å². The van der Waals surface area contributed by atoms with E-state index in [0.29, 0.717) is 58.5 Å². The highest BCUT2D eigenvalue weighted by Gasteiger charge is 2.22. The van der Waals surface area contributed by atoms with Crippen LogP contribution in [-0.4, -0.2) is 50.6 Å². The van der Waals surface area contributed by atoms with Crippen molar-refractivity contribution in [3.05, 3.63) is 0 Å². The van der Waals surface area contributed by atoms with Crippen LogP contribution >= 0.6 is 0 Å². The molecule has 8 heteroatoms. The molecule has 25 heavy (non-hydrogen) atoms. The third-order valence-electron chi connectivity index (χ3n) is 3.09. The van der Waals surface area contributed by atoms with Crippen molar-refractivity contribution in [1.82, 2.24) is 10.6 Å². The minimum atomic E-state index is -0.747. The second kappa shape index (κ2) is 15.5. The number of ether oxygens (including phenoxy) is 3. The van der Waals surface area contributed by atoms with Crippen molar-refractivity contribution < 1.29 is 28.6 Å². The Morgan fingerprint density at radius 3 is 1.96 bits per heavy atom. The fourth-order valence-electron chi connectivity index (χ4n) is 1.84. The predicted molar refractivity (Wildman–Crippen MR) is 93.3 cm³/mol. The maximum Gasteiger partial charge on any atom is 0.407 e. The molecule has 0 radical (unpaired) electrons. The van der Waals surface area contributed by atoms with Crippen molar-refractivity contribution in [1.29, 1.82) is 0 Å². The predicted octanol–water partition coefficient (Wildman–Crippen LogP) is 2.75. The van der Waals surface area contributed by atoms with E-state index >= 15 is 0 Å². The molecule has 8 nitrogen and oxygen atoms in total. The molecule has 2 N–H and O–H groups in total. The molecule has 0 aromatic rings. The average Bonchev–Trinajstić information content (AvgIpc) is 2.61. The van der Waals surface area contributed by atoms with Crippen LogP contribution in [0.5, 0.6) is 0 Å². The van der Waals surface area contributed by atoms with Gasteiger partial charge in [-0.1, -0.05) is 20.8 Å². The van der Waals surface area contributed by atoms with Crippen LogP contribution in [0.2, 0.25) is 0 Å². The van der Waals surface area contributed by atoms with Gasteiger partial charge in [-0.25, -0.2) is 14.4 Å². The minimum Gasteiger partial charge on any atom is -0.464 e. The minimum absolute atomic E-state index is 0.298. The Labute approximate surface area is 150 Å². The number of hydrogen-bond donors (Lipinski definition) is 2. The molecule has 2 amide bonds. The number of esters is 1. The summed E-state index contributed by atoms with van der Waals surface area (Å²) in [6.45, 7) is 7.15. The third-order valence-corrected chi connectivity index (χ3v) is 3.09. The summed E-state index contributed by atoms with van der Waals surface area (Å²) in [5.41, 5.74) is 0. The lowest BCUT2D eigenvalue weighted by molar-refractivity contribution is -0.146. The normalized spacial score (nSPS) is 11.3. The topological polar surface area (TPSA) is 103 Å². The molecule has 1 atom stereocenters. The molecule has 0 fully saturated rings. The summed E-state index contributed by atoms with van der Waals surface area (Å²) in [6.07, 6.45) is 2.83. The van der Waals surface area contributed by atoms with Crippen molar-refractivity contribution in [2.75, 3.05) is 26.4 Å². The van der Waals surface area contributed by atoms with Crippen LogP contribution in [0, 0.1) is 0 Å². The first-order chi connectivity index (χ1) is 12.0. The highest BCUT2D eigenvalue weighted by Crippen LogP contribution is 2.04. The van der Waals surface area contributed by atoms with E-state index in [2.05, 4.69) is 10.6 Å². The molecule has 0 saturated heterocycles. The zero-order valence-electron chi connectivity index (χ0n) is 15.6. The smallest absolute Gasteiger partial charge is 0.407 e. The van der Waals surface area contributed by atoms with Gasteiger partial charge in [-0.15, -0.1) is 0 Å². The van der Waals surface area contributed by atoms with Gasteiger partial charge in [0, 0.05) is 6.54 Å². The summed E-state index contributed by atoms with van der Waals surface area (Å²) in [5, 5.41) is 5.17. The lowest BCUT2D eigenvalue weighted by atomic mass is 10.1. The molecule has 0 saturated carbocycles. The number of carbonyl (C=O) groups is 3. The van der Waals surface area contributed by atoms with E-state index in [1.165, 1.54) is 0 Å². The van der Waals surface area contributed by atoms with Crippen molar-refractivity contribution in [2.24, 2.45) is 0 Å². The number of amides is 2. The van der Waals surface area contributed by atoms with E-state index < -0.39 is 24.2 Å². The van der Waals surface area contributed by atoms with Gasteiger partial charge >= 0.3 is 18.2 Å². The second-order valence-corrected chi connectivity index (χ2v) is 5.56. The van der Waals surface area contributed by atoms with Gasteiger partial charge in [0.1, 0.15) is 6.04 Å². The van der Waals surface area contributed by atoms with E-state index in [1.54, 1.807) is 0 Å². The zero-order valence-corrected chi connectivity index (χ0v) is 15.6. The maximum atomic E-state index is 12.0. The van der Waals surface area contributed by atoms with Crippen LogP contribution in [-0.2, 0) is 19.0 Å². The van der Waals surface area contributed by atoms with Crippen LogP contribution in [0.1, 0.15) is 59.3 Å². The Morgan fingerprint density at radius 1 is 0.800 bits per heavy atom. The monoisotopic (exact) mass is 360 g/mol. The second-order valence-electron chi connectivity index (χ2n) is 5.56. The lowest BCUT2D eigenvalue weighted by Crippen LogP contribution is -2.42. The summed E-state index contributed by atoms with van der Waals surface area (Å²) >= 11 is 0. The van der Waals surface area contributed by atoms with Crippen molar-refractivity contribution in [3.8, 4) is 0 Å². The van der Waals surface area contributed by atoms with Gasteiger partial charge in [0.25, 0.3) is 0 Å². The molecule has 0 heterocycles. The molecule has 0 bridgehead atoms. The van der Waals surface area contributed by atoms with Crippen LogP contribution < -0.4 is 10.6 Å². The lowest BCUT2D eigenvalue weighted by Gasteiger charge is -2.17. The molecule has 0 rings (SSSR count). The standard InChI is InChI=1S/C17H32N2O6/c1-4-11-23-15(20)14(19-17(22)25-13-6-3)9-7-8-10-18-16(21)24-12-5-2/h14H,4-13H2,1-3H3,(H,18,21)(H,19,22). The number of carbonyl (C=O) groups excluding carboxylic acids is 3.